The van der Waals surface area contributed by atoms with Gasteiger partial charge in [0.2, 0.25) is 0 Å². The molecule has 1 aliphatic heterocycles. The van der Waals surface area contributed by atoms with Crippen molar-refractivity contribution in [1.82, 2.24) is 11.0 Å². The molecule has 0 atom stereocenters. The SMILES string of the molecule is C1=NONN1. The van der Waals surface area contributed by atoms with Crippen LogP contribution in [0, 0.1) is 0 Å². The fourth-order valence-electron chi connectivity index (χ4n) is 0.132. The Morgan fingerprint density at radius 2 is 2.80 bits per heavy atom. The number of rotatable bonds is 0. The highest BCUT2D eigenvalue weighted by atomic mass is 16.8. The topological polar surface area (TPSA) is 45.6 Å². The third-order valence-corrected chi connectivity index (χ3v) is 0.275. The smallest absolute Gasteiger partial charge is 0.147 e. The number of hydrogen-bond acceptors (Lipinski definition) is 4. The van der Waals surface area contributed by atoms with Crippen LogP contribution in [0.5, 0.6) is 0 Å². The Balaban J connectivity index is 2.32. The van der Waals surface area contributed by atoms with Gasteiger partial charge in [-0.2, -0.15) is 0 Å². The van der Waals surface area contributed by atoms with E-state index in [-0.39, 0.29) is 0 Å². The quantitative estimate of drug-likeness (QED) is 0.385. The zero-order valence-electron chi connectivity index (χ0n) is 2.43. The molecule has 1 heterocycles. The van der Waals surface area contributed by atoms with E-state index in [9.17, 15) is 0 Å². The van der Waals surface area contributed by atoms with Crippen molar-refractivity contribution < 1.29 is 4.94 Å². The highest BCUT2D eigenvalue weighted by molar-refractivity contribution is 5.52. The van der Waals surface area contributed by atoms with Crippen LogP contribution in [-0.2, 0) is 4.94 Å². The summed E-state index contributed by atoms with van der Waals surface area (Å²) in [4.78, 5) is 4.15. The first-order valence-corrected chi connectivity index (χ1v) is 1.18. The van der Waals surface area contributed by atoms with Gasteiger partial charge in [-0.15, -0.1) is 0 Å². The zero-order valence-corrected chi connectivity index (χ0v) is 2.43. The van der Waals surface area contributed by atoms with Gasteiger partial charge in [0.15, 0.2) is 0 Å². The van der Waals surface area contributed by atoms with Gasteiger partial charge in [0.25, 0.3) is 0 Å². The molecule has 4 nitrogen and oxygen atoms in total. The summed E-state index contributed by atoms with van der Waals surface area (Å²) in [5.74, 6) is 0. The van der Waals surface area contributed by atoms with E-state index in [1.54, 1.807) is 0 Å². The first-order valence-electron chi connectivity index (χ1n) is 1.18. The van der Waals surface area contributed by atoms with E-state index >= 15 is 0 Å². The molecular formula is CH3N3O. The molecule has 1 rings (SSSR count). The lowest BCUT2D eigenvalue weighted by Gasteiger charge is -1.80. The van der Waals surface area contributed by atoms with Crippen molar-refractivity contribution in [3.05, 3.63) is 0 Å². The van der Waals surface area contributed by atoms with E-state index in [1.807, 2.05) is 0 Å². The van der Waals surface area contributed by atoms with E-state index < -0.39 is 0 Å². The number of nitrogens with zero attached hydrogens (tertiary/aromatic N) is 1. The summed E-state index contributed by atoms with van der Waals surface area (Å²) in [6.07, 6.45) is 1.40. The zero-order chi connectivity index (χ0) is 3.54. The van der Waals surface area contributed by atoms with Crippen LogP contribution in [0.15, 0.2) is 5.16 Å². The lowest BCUT2D eigenvalue weighted by Crippen LogP contribution is -2.21. The highest BCUT2D eigenvalue weighted by Gasteiger charge is 1.79. The molecule has 0 saturated heterocycles. The molecule has 0 unspecified atom stereocenters. The van der Waals surface area contributed by atoms with Crippen LogP contribution in [0.4, 0.5) is 0 Å². The highest BCUT2D eigenvalue weighted by Crippen LogP contribution is 1.63. The minimum atomic E-state index is 1.40. The number of nitrogens with one attached hydrogen (secondary N) is 2. The molecule has 0 saturated carbocycles. The molecule has 5 heavy (non-hydrogen) atoms. The minimum absolute atomic E-state index is 1.40. The minimum Gasteiger partial charge on any atom is -0.278 e. The molecule has 0 aromatic heterocycles. The summed E-state index contributed by atoms with van der Waals surface area (Å²) in [6.45, 7) is 0. The molecule has 0 fully saturated rings. The van der Waals surface area contributed by atoms with Crippen LogP contribution < -0.4 is 11.0 Å². The lowest BCUT2D eigenvalue weighted by atomic mass is 11.4. The van der Waals surface area contributed by atoms with E-state index in [4.69, 9.17) is 0 Å². The van der Waals surface area contributed by atoms with E-state index in [0.29, 0.717) is 0 Å². The second-order valence-corrected chi connectivity index (χ2v) is 0.572. The largest absolute Gasteiger partial charge is 0.278 e. The molecule has 0 amide bonds. The van der Waals surface area contributed by atoms with Crippen molar-refractivity contribution in [3.63, 3.8) is 0 Å². The Labute approximate surface area is 28.7 Å². The van der Waals surface area contributed by atoms with E-state index in [2.05, 4.69) is 21.1 Å². The monoisotopic (exact) mass is 73.0 g/mol. The Hall–Kier alpha value is -0.770. The third kappa shape index (κ3) is 0.273. The van der Waals surface area contributed by atoms with Gasteiger partial charge in [0.1, 0.15) is 6.34 Å². The molecule has 0 bridgehead atoms. The summed E-state index contributed by atoms with van der Waals surface area (Å²) in [7, 11) is 0. The van der Waals surface area contributed by atoms with Crippen LogP contribution in [0.1, 0.15) is 0 Å². The molecule has 0 aromatic rings. The maximum Gasteiger partial charge on any atom is 0.147 e. The predicted octanol–water partition coefficient (Wildman–Crippen LogP) is -1.03. The van der Waals surface area contributed by atoms with Gasteiger partial charge in [-0.1, -0.05) is 0 Å². The van der Waals surface area contributed by atoms with Gasteiger partial charge in [0, 0.05) is 0 Å². The average Bonchev–Trinajstić information content (AvgIpc) is 1.76. The molecule has 0 radical (unpaired) electrons. The Kier molecular flexibility index (Phi) is 0.443. The second kappa shape index (κ2) is 0.898. The van der Waals surface area contributed by atoms with Crippen molar-refractivity contribution in [3.8, 4) is 0 Å². The maximum absolute atomic E-state index is 4.15. The van der Waals surface area contributed by atoms with Gasteiger partial charge < -0.3 is 0 Å². The summed E-state index contributed by atoms with van der Waals surface area (Å²) < 4.78 is 0. The van der Waals surface area contributed by atoms with Gasteiger partial charge in [0.05, 0.1) is 0 Å². The normalized spacial score (nSPS) is 17.6. The molecule has 4 heteroatoms. The van der Waals surface area contributed by atoms with Gasteiger partial charge in [-0.3, -0.25) is 10.4 Å². The van der Waals surface area contributed by atoms with Crippen molar-refractivity contribution in [1.29, 1.82) is 0 Å². The molecule has 0 spiro atoms. The Morgan fingerprint density at radius 1 is 1.80 bits per heavy atom. The predicted molar refractivity (Wildman–Crippen MR) is 15.8 cm³/mol. The first kappa shape index (κ1) is 2.47. The molecule has 0 aromatic carbocycles. The fraction of sp³-hybridized carbons (Fsp3) is 0. The van der Waals surface area contributed by atoms with Crippen molar-refractivity contribution in [2.24, 2.45) is 5.16 Å². The van der Waals surface area contributed by atoms with Gasteiger partial charge in [-0.05, 0) is 10.7 Å². The summed E-state index contributed by atoms with van der Waals surface area (Å²) in [5, 5.41) is 3.24. The van der Waals surface area contributed by atoms with E-state index in [1.165, 1.54) is 6.34 Å². The van der Waals surface area contributed by atoms with E-state index in [0.717, 1.165) is 0 Å². The number of hydrogen-bond donors (Lipinski definition) is 2. The van der Waals surface area contributed by atoms with Gasteiger partial charge >= 0.3 is 0 Å². The average molecular weight is 73.1 g/mol. The maximum atomic E-state index is 4.15. The fourth-order valence-corrected chi connectivity index (χ4v) is 0.132. The van der Waals surface area contributed by atoms with Gasteiger partial charge in [-0.25, -0.2) is 0 Å². The van der Waals surface area contributed by atoms with Crippen LogP contribution in [-0.4, -0.2) is 6.34 Å². The number of hydrazine groups is 1. The standard InChI is InChI=1S/CH3N3O/c1-2-4-5-3-1/h1,4H,(H,2,3). The third-order valence-electron chi connectivity index (χ3n) is 0.275. The van der Waals surface area contributed by atoms with Crippen LogP contribution >= 0.6 is 0 Å². The first-order chi connectivity index (χ1) is 2.50. The molecule has 1 aliphatic rings. The van der Waals surface area contributed by atoms with Crippen LogP contribution in [0.25, 0.3) is 0 Å². The second-order valence-electron chi connectivity index (χ2n) is 0.572. The van der Waals surface area contributed by atoms with Crippen LogP contribution in [0.3, 0.4) is 0 Å². The Bertz CT molecular complexity index is 44.9. The lowest BCUT2D eigenvalue weighted by molar-refractivity contribution is 0.0561. The Morgan fingerprint density at radius 3 is 3.00 bits per heavy atom. The van der Waals surface area contributed by atoms with Crippen molar-refractivity contribution >= 4 is 6.34 Å². The molecule has 2 N–H and O–H groups in total. The van der Waals surface area contributed by atoms with Crippen molar-refractivity contribution in [2.45, 2.75) is 0 Å². The molecule has 0 aliphatic carbocycles. The molecular weight excluding hydrogens is 70.0 g/mol. The number of oxime groups is 1. The summed E-state index contributed by atoms with van der Waals surface area (Å²) in [6, 6.07) is 0. The van der Waals surface area contributed by atoms with Crippen molar-refractivity contribution in [2.75, 3.05) is 0 Å². The summed E-state index contributed by atoms with van der Waals surface area (Å²) in [5.41, 5.74) is 4.71. The van der Waals surface area contributed by atoms with Crippen LogP contribution in [0.2, 0.25) is 0 Å². The molecule has 28 valence electrons. The summed E-state index contributed by atoms with van der Waals surface area (Å²) >= 11 is 0.